The van der Waals surface area contributed by atoms with E-state index in [1.165, 1.54) is 17.1 Å². The van der Waals surface area contributed by atoms with Crippen LogP contribution in [0.25, 0.3) is 17.4 Å². The molecule has 1 aliphatic heterocycles. The molecule has 0 aliphatic carbocycles. The summed E-state index contributed by atoms with van der Waals surface area (Å²) in [5.41, 5.74) is 2.06. The van der Waals surface area contributed by atoms with Crippen LogP contribution in [0.2, 0.25) is 5.02 Å². The molecule has 1 aromatic heterocycles. The first-order valence-corrected chi connectivity index (χ1v) is 9.02. The molecule has 0 saturated carbocycles. The van der Waals surface area contributed by atoms with Crippen molar-refractivity contribution in [1.29, 1.82) is 0 Å². The number of amides is 1. The summed E-state index contributed by atoms with van der Waals surface area (Å²) in [6.07, 6.45) is 1.60. The third-order valence-electron chi connectivity index (χ3n) is 4.37. The average Bonchev–Trinajstić information content (AvgIpc) is 3.28. The Kier molecular flexibility index (Phi) is 4.74. The van der Waals surface area contributed by atoms with Gasteiger partial charge in [-0.1, -0.05) is 29.8 Å². The molecule has 0 spiro atoms. The van der Waals surface area contributed by atoms with Gasteiger partial charge in [-0.15, -0.1) is 0 Å². The van der Waals surface area contributed by atoms with E-state index < -0.39 is 4.92 Å². The van der Waals surface area contributed by atoms with Crippen LogP contribution in [0.1, 0.15) is 12.7 Å². The number of nitro groups is 1. The molecule has 1 aliphatic rings. The van der Waals surface area contributed by atoms with Crippen LogP contribution in [0.15, 0.2) is 75.8 Å². The molecule has 0 atom stereocenters. The molecule has 0 bridgehead atoms. The molecule has 2 aromatic carbocycles. The largest absolute Gasteiger partial charge is 0.457 e. The Morgan fingerprint density at radius 2 is 1.93 bits per heavy atom. The zero-order valence-electron chi connectivity index (χ0n) is 15.2. The smallest absolute Gasteiger partial charge is 0.280 e. The predicted molar refractivity (Wildman–Crippen MR) is 111 cm³/mol. The highest BCUT2D eigenvalue weighted by Gasteiger charge is 2.29. The minimum atomic E-state index is -0.462. The number of rotatable bonds is 4. The molecule has 0 radical (unpaired) electrons. The maximum absolute atomic E-state index is 12.8. The number of non-ortho nitro benzene ring substituents is 1. The van der Waals surface area contributed by atoms with Crippen LogP contribution in [0, 0.1) is 10.1 Å². The number of benzene rings is 2. The summed E-state index contributed by atoms with van der Waals surface area (Å²) in [6, 6.07) is 16.4. The van der Waals surface area contributed by atoms with Crippen LogP contribution < -0.4 is 5.01 Å². The number of hydrazone groups is 1. The van der Waals surface area contributed by atoms with Gasteiger partial charge >= 0.3 is 0 Å². The van der Waals surface area contributed by atoms with Gasteiger partial charge in [0.2, 0.25) is 0 Å². The van der Waals surface area contributed by atoms with Gasteiger partial charge in [0.15, 0.2) is 0 Å². The van der Waals surface area contributed by atoms with Gasteiger partial charge in [-0.25, -0.2) is 0 Å². The molecule has 29 heavy (non-hydrogen) atoms. The lowest BCUT2D eigenvalue weighted by Gasteiger charge is -2.11. The summed E-state index contributed by atoms with van der Waals surface area (Å²) >= 11 is 6.01. The van der Waals surface area contributed by atoms with E-state index in [2.05, 4.69) is 5.10 Å². The Bertz CT molecular complexity index is 1200. The van der Waals surface area contributed by atoms with Crippen molar-refractivity contribution >= 4 is 40.7 Å². The minimum Gasteiger partial charge on any atom is -0.457 e. The summed E-state index contributed by atoms with van der Waals surface area (Å²) in [4.78, 5) is 23.3. The van der Waals surface area contributed by atoms with Gasteiger partial charge in [-0.2, -0.15) is 10.1 Å². The highest BCUT2D eigenvalue weighted by molar-refractivity contribution is 6.33. The number of nitro benzene ring substituents is 1. The number of nitrogens with zero attached hydrogens (tertiary/aromatic N) is 3. The second kappa shape index (κ2) is 7.37. The number of hydrogen-bond acceptors (Lipinski definition) is 5. The SMILES string of the molecule is CC1=NN(c2cccc(Cl)c2)C(=O)/C1=C/c1ccc(-c2cccc([N+](=O)[O-])c2)o1. The van der Waals surface area contributed by atoms with Gasteiger partial charge in [0.25, 0.3) is 11.6 Å². The van der Waals surface area contributed by atoms with Crippen molar-refractivity contribution in [3.8, 4) is 11.3 Å². The van der Waals surface area contributed by atoms with Crippen LogP contribution in [0.4, 0.5) is 11.4 Å². The average molecular weight is 408 g/mol. The summed E-state index contributed by atoms with van der Waals surface area (Å²) in [5.74, 6) is 0.614. The number of furan rings is 1. The van der Waals surface area contributed by atoms with Gasteiger partial charge < -0.3 is 4.42 Å². The number of anilines is 1. The summed E-state index contributed by atoms with van der Waals surface area (Å²) in [7, 11) is 0. The van der Waals surface area contributed by atoms with E-state index in [1.54, 1.807) is 61.5 Å². The number of carbonyl (C=O) groups excluding carboxylic acids is 1. The van der Waals surface area contributed by atoms with E-state index in [0.717, 1.165) is 0 Å². The highest BCUT2D eigenvalue weighted by atomic mass is 35.5. The van der Waals surface area contributed by atoms with Gasteiger partial charge in [-0.05, 0) is 43.3 Å². The van der Waals surface area contributed by atoms with E-state index >= 15 is 0 Å². The highest BCUT2D eigenvalue weighted by Crippen LogP contribution is 2.29. The van der Waals surface area contributed by atoms with E-state index in [0.29, 0.717) is 39.1 Å². The summed E-state index contributed by atoms with van der Waals surface area (Å²) in [5, 5.41) is 17.1. The fourth-order valence-electron chi connectivity index (χ4n) is 2.97. The van der Waals surface area contributed by atoms with Crippen molar-refractivity contribution in [2.45, 2.75) is 6.92 Å². The number of halogens is 1. The third kappa shape index (κ3) is 3.68. The molecule has 7 nitrogen and oxygen atoms in total. The van der Waals surface area contributed by atoms with Crippen LogP contribution in [0.3, 0.4) is 0 Å². The van der Waals surface area contributed by atoms with Crippen LogP contribution in [-0.4, -0.2) is 16.5 Å². The lowest BCUT2D eigenvalue weighted by molar-refractivity contribution is -0.384. The first kappa shape index (κ1) is 18.6. The normalized spacial score (nSPS) is 15.1. The molecule has 2 heterocycles. The van der Waals surface area contributed by atoms with Crippen molar-refractivity contribution in [2.24, 2.45) is 5.10 Å². The molecular formula is C21H14ClN3O4. The van der Waals surface area contributed by atoms with E-state index in [9.17, 15) is 14.9 Å². The Labute approximate surface area is 170 Å². The van der Waals surface area contributed by atoms with Gasteiger partial charge in [0, 0.05) is 22.7 Å². The second-order valence-electron chi connectivity index (χ2n) is 6.35. The van der Waals surface area contributed by atoms with Crippen LogP contribution in [-0.2, 0) is 4.79 Å². The van der Waals surface area contributed by atoms with Gasteiger partial charge in [0.1, 0.15) is 11.5 Å². The summed E-state index contributed by atoms with van der Waals surface area (Å²) in [6.45, 7) is 1.73. The molecule has 3 aromatic rings. The zero-order valence-corrected chi connectivity index (χ0v) is 16.0. The number of hydrogen-bond donors (Lipinski definition) is 0. The second-order valence-corrected chi connectivity index (χ2v) is 6.79. The molecular weight excluding hydrogens is 394 g/mol. The fourth-order valence-corrected chi connectivity index (χ4v) is 3.15. The van der Waals surface area contributed by atoms with Crippen LogP contribution >= 0.6 is 11.6 Å². The molecule has 0 fully saturated rings. The Morgan fingerprint density at radius 3 is 2.69 bits per heavy atom. The van der Waals surface area contributed by atoms with E-state index in [1.807, 2.05) is 0 Å². The van der Waals surface area contributed by atoms with E-state index in [4.69, 9.17) is 16.0 Å². The van der Waals surface area contributed by atoms with Gasteiger partial charge in [0.05, 0.1) is 21.9 Å². The van der Waals surface area contributed by atoms with Crippen LogP contribution in [0.5, 0.6) is 0 Å². The fraction of sp³-hybridized carbons (Fsp3) is 0.0476. The van der Waals surface area contributed by atoms with Crippen molar-refractivity contribution in [1.82, 2.24) is 0 Å². The van der Waals surface area contributed by atoms with Crippen molar-refractivity contribution < 1.29 is 14.1 Å². The van der Waals surface area contributed by atoms with Gasteiger partial charge in [-0.3, -0.25) is 14.9 Å². The molecule has 8 heteroatoms. The maximum atomic E-state index is 12.8. The van der Waals surface area contributed by atoms with Crippen molar-refractivity contribution in [2.75, 3.05) is 5.01 Å². The lowest BCUT2D eigenvalue weighted by Crippen LogP contribution is -2.21. The standard InChI is InChI=1S/C21H14ClN3O4/c1-13-19(21(26)24(23-13)16-6-3-5-15(22)11-16)12-18-8-9-20(29-18)14-4-2-7-17(10-14)25(27)28/h2-12H,1H3/b19-12+. The lowest BCUT2D eigenvalue weighted by atomic mass is 10.1. The topological polar surface area (TPSA) is 89.0 Å². The maximum Gasteiger partial charge on any atom is 0.280 e. The Balaban J connectivity index is 1.62. The third-order valence-corrected chi connectivity index (χ3v) is 4.61. The monoisotopic (exact) mass is 407 g/mol. The van der Waals surface area contributed by atoms with Crippen molar-refractivity contribution in [3.63, 3.8) is 0 Å². The number of carbonyl (C=O) groups is 1. The van der Waals surface area contributed by atoms with Crippen molar-refractivity contribution in [3.05, 3.63) is 87.1 Å². The zero-order chi connectivity index (χ0) is 20.5. The molecule has 1 amide bonds. The van der Waals surface area contributed by atoms with E-state index in [-0.39, 0.29) is 11.6 Å². The molecule has 144 valence electrons. The molecule has 4 rings (SSSR count). The Hall–Kier alpha value is -3.71. The predicted octanol–water partition coefficient (Wildman–Crippen LogP) is 5.31. The summed E-state index contributed by atoms with van der Waals surface area (Å²) < 4.78 is 5.78. The minimum absolute atomic E-state index is 0.0232. The molecule has 0 N–H and O–H groups in total. The molecule has 0 saturated heterocycles. The molecule has 0 unspecified atom stereocenters. The Morgan fingerprint density at radius 1 is 1.14 bits per heavy atom. The first-order chi connectivity index (χ1) is 13.9. The first-order valence-electron chi connectivity index (χ1n) is 8.64. The quantitative estimate of drug-likeness (QED) is 0.333.